The normalized spacial score (nSPS) is 11.1. The van der Waals surface area contributed by atoms with Gasteiger partial charge < -0.3 is 9.52 Å². The molecule has 0 saturated heterocycles. The molecular formula is C12H12O3. The summed E-state index contributed by atoms with van der Waals surface area (Å²) in [6, 6.07) is 6.57. The van der Waals surface area contributed by atoms with E-state index in [1.54, 1.807) is 6.07 Å². The fourth-order valence-electron chi connectivity index (χ4n) is 1.64. The molecule has 15 heavy (non-hydrogen) atoms. The Morgan fingerprint density at radius 1 is 1.33 bits per heavy atom. The molecule has 0 aliphatic heterocycles. The van der Waals surface area contributed by atoms with Crippen molar-refractivity contribution in [3.63, 3.8) is 0 Å². The lowest BCUT2D eigenvalue weighted by atomic mass is 10.0. The molecule has 0 aliphatic rings. The third-order valence-electron chi connectivity index (χ3n) is 2.40. The lowest BCUT2D eigenvalue weighted by Gasteiger charge is -2.08. The lowest BCUT2D eigenvalue weighted by Crippen LogP contribution is -1.98. The van der Waals surface area contributed by atoms with Gasteiger partial charge in [-0.3, -0.25) is 0 Å². The highest BCUT2D eigenvalue weighted by molar-refractivity contribution is 5.85. The molecule has 0 saturated carbocycles. The van der Waals surface area contributed by atoms with Crippen molar-refractivity contribution < 1.29 is 9.52 Å². The Kier molecular flexibility index (Phi) is 2.23. The van der Waals surface area contributed by atoms with Crippen LogP contribution in [0.4, 0.5) is 0 Å². The van der Waals surface area contributed by atoms with Crippen LogP contribution in [-0.2, 0) is 0 Å². The Morgan fingerprint density at radius 2 is 2.07 bits per heavy atom. The lowest BCUT2D eigenvalue weighted by molar-refractivity contribution is 0.467. The Balaban J connectivity index is 2.91. The maximum absolute atomic E-state index is 11.2. The van der Waals surface area contributed by atoms with E-state index in [0.29, 0.717) is 11.0 Å². The van der Waals surface area contributed by atoms with Crippen LogP contribution in [0.25, 0.3) is 11.0 Å². The average molecular weight is 204 g/mol. The first-order valence-corrected chi connectivity index (χ1v) is 4.85. The van der Waals surface area contributed by atoms with E-state index in [9.17, 15) is 9.90 Å². The largest absolute Gasteiger partial charge is 0.507 e. The zero-order valence-electron chi connectivity index (χ0n) is 8.65. The number of aromatic hydroxyl groups is 1. The fourth-order valence-corrected chi connectivity index (χ4v) is 1.64. The summed E-state index contributed by atoms with van der Waals surface area (Å²) in [6.07, 6.45) is 0. The van der Waals surface area contributed by atoms with Crippen molar-refractivity contribution in [2.75, 3.05) is 0 Å². The molecule has 1 aromatic heterocycles. The highest BCUT2D eigenvalue weighted by Crippen LogP contribution is 2.28. The molecule has 1 heterocycles. The van der Waals surface area contributed by atoms with Crippen molar-refractivity contribution in [1.82, 2.24) is 0 Å². The highest BCUT2D eigenvalue weighted by atomic mass is 16.4. The van der Waals surface area contributed by atoms with Crippen molar-refractivity contribution in [2.24, 2.45) is 0 Å². The molecule has 0 amide bonds. The Bertz CT molecular complexity index is 552. The van der Waals surface area contributed by atoms with Crippen molar-refractivity contribution in [3.8, 4) is 5.75 Å². The predicted octanol–water partition coefficient (Wildman–Crippen LogP) is 2.62. The summed E-state index contributed by atoms with van der Waals surface area (Å²) in [5.41, 5.74) is 0.895. The van der Waals surface area contributed by atoms with E-state index in [0.717, 1.165) is 11.6 Å². The van der Waals surface area contributed by atoms with E-state index in [1.807, 2.05) is 26.0 Å². The Hall–Kier alpha value is -1.77. The van der Waals surface area contributed by atoms with Gasteiger partial charge in [0.1, 0.15) is 11.3 Å². The van der Waals surface area contributed by atoms with Gasteiger partial charge in [0.25, 0.3) is 0 Å². The maximum Gasteiger partial charge on any atom is 0.339 e. The van der Waals surface area contributed by atoms with Gasteiger partial charge in [0, 0.05) is 0 Å². The minimum Gasteiger partial charge on any atom is -0.507 e. The number of rotatable bonds is 1. The van der Waals surface area contributed by atoms with Gasteiger partial charge in [-0.15, -0.1) is 0 Å². The molecule has 1 N–H and O–H groups in total. The van der Waals surface area contributed by atoms with Gasteiger partial charge >= 0.3 is 5.63 Å². The van der Waals surface area contributed by atoms with Crippen molar-refractivity contribution in [2.45, 2.75) is 19.8 Å². The van der Waals surface area contributed by atoms with E-state index in [2.05, 4.69) is 0 Å². The van der Waals surface area contributed by atoms with Crippen LogP contribution in [0, 0.1) is 0 Å². The molecule has 0 unspecified atom stereocenters. The topological polar surface area (TPSA) is 50.4 Å². The van der Waals surface area contributed by atoms with Gasteiger partial charge in [-0.05, 0) is 17.5 Å². The summed E-state index contributed by atoms with van der Waals surface area (Å²) < 4.78 is 5.12. The van der Waals surface area contributed by atoms with Gasteiger partial charge in [-0.2, -0.15) is 0 Å². The molecule has 0 fully saturated rings. The first kappa shape index (κ1) is 9.77. The zero-order chi connectivity index (χ0) is 11.0. The predicted molar refractivity (Wildman–Crippen MR) is 58.2 cm³/mol. The third kappa shape index (κ3) is 1.61. The van der Waals surface area contributed by atoms with E-state index < -0.39 is 5.63 Å². The molecule has 2 rings (SSSR count). The number of benzene rings is 1. The van der Waals surface area contributed by atoms with Crippen molar-refractivity contribution >= 4 is 11.0 Å². The summed E-state index contributed by atoms with van der Waals surface area (Å²) in [4.78, 5) is 11.2. The number of hydrogen-bond donors (Lipinski definition) is 1. The first-order chi connectivity index (χ1) is 7.09. The number of hydrogen-bond acceptors (Lipinski definition) is 3. The molecule has 0 atom stereocenters. The molecule has 0 aliphatic carbocycles. The second-order valence-corrected chi connectivity index (χ2v) is 3.83. The van der Waals surface area contributed by atoms with Gasteiger partial charge in [-0.1, -0.05) is 26.0 Å². The fraction of sp³-hybridized carbons (Fsp3) is 0.250. The van der Waals surface area contributed by atoms with Gasteiger partial charge in [0.15, 0.2) is 0 Å². The Labute approximate surface area is 87.0 Å². The van der Waals surface area contributed by atoms with Gasteiger partial charge in [0.2, 0.25) is 0 Å². The molecule has 0 radical (unpaired) electrons. The maximum atomic E-state index is 11.2. The van der Waals surface area contributed by atoms with Crippen molar-refractivity contribution in [3.05, 3.63) is 40.2 Å². The van der Waals surface area contributed by atoms with E-state index in [1.165, 1.54) is 0 Å². The molecule has 3 heteroatoms. The summed E-state index contributed by atoms with van der Waals surface area (Å²) in [5, 5.41) is 10.2. The van der Waals surface area contributed by atoms with Crippen LogP contribution in [-0.4, -0.2) is 5.11 Å². The standard InChI is InChI=1S/C12H12O3/c1-7(2)8-4-3-5-9-10(13)6-11(14)15-12(8)9/h3-7,13H,1-2H3. The summed E-state index contributed by atoms with van der Waals surface area (Å²) >= 11 is 0. The van der Waals surface area contributed by atoms with Crippen molar-refractivity contribution in [1.29, 1.82) is 0 Å². The van der Waals surface area contributed by atoms with Crippen LogP contribution in [0.3, 0.4) is 0 Å². The zero-order valence-corrected chi connectivity index (χ0v) is 8.65. The number of para-hydroxylation sites is 1. The minimum absolute atomic E-state index is 0.0243. The highest BCUT2D eigenvalue weighted by Gasteiger charge is 2.10. The first-order valence-electron chi connectivity index (χ1n) is 4.85. The third-order valence-corrected chi connectivity index (χ3v) is 2.40. The van der Waals surface area contributed by atoms with Crippen LogP contribution >= 0.6 is 0 Å². The molecule has 2 aromatic rings. The quantitative estimate of drug-likeness (QED) is 0.726. The summed E-state index contributed by atoms with van der Waals surface area (Å²) in [7, 11) is 0. The van der Waals surface area contributed by atoms with Crippen LogP contribution in [0.5, 0.6) is 5.75 Å². The number of fused-ring (bicyclic) bond motifs is 1. The molecule has 0 spiro atoms. The SMILES string of the molecule is CC(C)c1cccc2c(O)cc(=O)oc12. The monoisotopic (exact) mass is 204 g/mol. The van der Waals surface area contributed by atoms with E-state index in [4.69, 9.17) is 4.42 Å². The molecular weight excluding hydrogens is 192 g/mol. The van der Waals surface area contributed by atoms with Gasteiger partial charge in [-0.25, -0.2) is 4.79 Å². The molecule has 0 bridgehead atoms. The van der Waals surface area contributed by atoms with E-state index in [-0.39, 0.29) is 11.7 Å². The average Bonchev–Trinajstić information content (AvgIpc) is 2.16. The Morgan fingerprint density at radius 3 is 2.73 bits per heavy atom. The second-order valence-electron chi connectivity index (χ2n) is 3.83. The smallest absolute Gasteiger partial charge is 0.339 e. The van der Waals surface area contributed by atoms with Crippen LogP contribution in [0.15, 0.2) is 33.5 Å². The van der Waals surface area contributed by atoms with E-state index >= 15 is 0 Å². The van der Waals surface area contributed by atoms with Gasteiger partial charge in [0.05, 0.1) is 11.5 Å². The molecule has 1 aromatic carbocycles. The molecule has 3 nitrogen and oxygen atoms in total. The second kappa shape index (κ2) is 3.42. The minimum atomic E-state index is -0.520. The van der Waals surface area contributed by atoms with Crippen LogP contribution < -0.4 is 5.63 Å². The summed E-state index contributed by atoms with van der Waals surface area (Å²) in [5.74, 6) is 0.224. The van der Waals surface area contributed by atoms with Crippen LogP contribution in [0.2, 0.25) is 0 Å². The summed E-state index contributed by atoms with van der Waals surface area (Å²) in [6.45, 7) is 4.03. The molecule has 78 valence electrons. The van der Waals surface area contributed by atoms with Crippen LogP contribution in [0.1, 0.15) is 25.3 Å².